The molecule has 4 aromatic rings. The van der Waals surface area contributed by atoms with Crippen molar-refractivity contribution in [2.45, 2.75) is 13.3 Å². The van der Waals surface area contributed by atoms with Crippen LogP contribution in [0.3, 0.4) is 0 Å². The van der Waals surface area contributed by atoms with Crippen LogP contribution in [-0.4, -0.2) is 21.7 Å². The number of amides is 1. The number of nitrogens with zero attached hydrogens (tertiary/aromatic N) is 3. The molecular formula is C23H20N4O. The molecule has 0 radical (unpaired) electrons. The monoisotopic (exact) mass is 368 g/mol. The van der Waals surface area contributed by atoms with E-state index < -0.39 is 0 Å². The summed E-state index contributed by atoms with van der Waals surface area (Å²) in [4.78, 5) is 16.5. The number of rotatable bonds is 5. The van der Waals surface area contributed by atoms with Gasteiger partial charge in [-0.25, -0.2) is 5.43 Å². The van der Waals surface area contributed by atoms with Gasteiger partial charge in [-0.1, -0.05) is 42.5 Å². The summed E-state index contributed by atoms with van der Waals surface area (Å²) < 4.78 is 2.19. The van der Waals surface area contributed by atoms with Crippen LogP contribution < -0.4 is 5.43 Å². The second-order valence-electron chi connectivity index (χ2n) is 6.51. The highest BCUT2D eigenvalue weighted by Crippen LogP contribution is 2.29. The van der Waals surface area contributed by atoms with Gasteiger partial charge in [-0.05, 0) is 36.8 Å². The van der Waals surface area contributed by atoms with E-state index in [0.717, 1.165) is 33.4 Å². The summed E-state index contributed by atoms with van der Waals surface area (Å²) >= 11 is 0. The molecule has 138 valence electrons. The third kappa shape index (κ3) is 3.55. The third-order valence-electron chi connectivity index (χ3n) is 4.68. The Morgan fingerprint density at radius 2 is 1.86 bits per heavy atom. The molecule has 0 fully saturated rings. The molecule has 0 saturated heterocycles. The highest BCUT2D eigenvalue weighted by atomic mass is 16.2. The summed E-state index contributed by atoms with van der Waals surface area (Å²) in [7, 11) is 0. The van der Waals surface area contributed by atoms with Crippen molar-refractivity contribution in [3.8, 4) is 5.69 Å². The Morgan fingerprint density at radius 1 is 1.07 bits per heavy atom. The molecule has 0 aliphatic heterocycles. The van der Waals surface area contributed by atoms with Crippen LogP contribution in [-0.2, 0) is 11.2 Å². The fourth-order valence-corrected chi connectivity index (χ4v) is 3.40. The van der Waals surface area contributed by atoms with Gasteiger partial charge >= 0.3 is 0 Å². The van der Waals surface area contributed by atoms with Gasteiger partial charge in [-0.2, -0.15) is 5.10 Å². The van der Waals surface area contributed by atoms with Crippen LogP contribution in [0.2, 0.25) is 0 Å². The second-order valence-corrected chi connectivity index (χ2v) is 6.51. The molecule has 2 heterocycles. The lowest BCUT2D eigenvalue weighted by Crippen LogP contribution is -2.20. The zero-order chi connectivity index (χ0) is 19.3. The van der Waals surface area contributed by atoms with Crippen LogP contribution in [0.15, 0.2) is 84.2 Å². The third-order valence-corrected chi connectivity index (χ3v) is 4.68. The molecule has 0 saturated carbocycles. The van der Waals surface area contributed by atoms with E-state index in [4.69, 9.17) is 0 Å². The van der Waals surface area contributed by atoms with E-state index in [2.05, 4.69) is 51.3 Å². The van der Waals surface area contributed by atoms with Crippen LogP contribution in [0.5, 0.6) is 0 Å². The maximum absolute atomic E-state index is 12.5. The Morgan fingerprint density at radius 3 is 2.64 bits per heavy atom. The van der Waals surface area contributed by atoms with Crippen LogP contribution in [0.4, 0.5) is 0 Å². The van der Waals surface area contributed by atoms with E-state index in [1.807, 2.05) is 42.5 Å². The van der Waals surface area contributed by atoms with Gasteiger partial charge in [-0.3, -0.25) is 9.78 Å². The van der Waals surface area contributed by atoms with Gasteiger partial charge in [0, 0.05) is 34.7 Å². The van der Waals surface area contributed by atoms with Crippen molar-refractivity contribution in [2.75, 3.05) is 0 Å². The van der Waals surface area contributed by atoms with E-state index in [-0.39, 0.29) is 12.3 Å². The number of aromatic nitrogens is 2. The first kappa shape index (κ1) is 17.7. The average Bonchev–Trinajstić information content (AvgIpc) is 3.01. The van der Waals surface area contributed by atoms with Crippen molar-refractivity contribution >= 4 is 23.0 Å². The molecule has 0 atom stereocenters. The van der Waals surface area contributed by atoms with Crippen LogP contribution >= 0.6 is 0 Å². The van der Waals surface area contributed by atoms with E-state index in [9.17, 15) is 4.79 Å². The van der Waals surface area contributed by atoms with E-state index in [0.29, 0.717) is 0 Å². The fourth-order valence-electron chi connectivity index (χ4n) is 3.40. The quantitative estimate of drug-likeness (QED) is 0.427. The molecule has 4 rings (SSSR count). The van der Waals surface area contributed by atoms with Crippen molar-refractivity contribution in [2.24, 2.45) is 5.10 Å². The van der Waals surface area contributed by atoms with Gasteiger partial charge in [0.2, 0.25) is 5.91 Å². The number of hydrogen-bond acceptors (Lipinski definition) is 3. The van der Waals surface area contributed by atoms with Crippen LogP contribution in [0, 0.1) is 6.92 Å². The lowest BCUT2D eigenvalue weighted by Gasteiger charge is -2.08. The number of para-hydroxylation sites is 2. The van der Waals surface area contributed by atoms with Gasteiger partial charge in [0.05, 0.1) is 18.2 Å². The largest absolute Gasteiger partial charge is 0.314 e. The maximum Gasteiger partial charge on any atom is 0.244 e. The normalized spacial score (nSPS) is 11.2. The fraction of sp³-hybridized carbons (Fsp3) is 0.0870. The summed E-state index contributed by atoms with van der Waals surface area (Å²) in [6.45, 7) is 2.05. The zero-order valence-electron chi connectivity index (χ0n) is 15.5. The first-order chi connectivity index (χ1) is 13.7. The molecule has 1 N–H and O–H groups in total. The summed E-state index contributed by atoms with van der Waals surface area (Å²) in [5, 5.41) is 5.12. The molecule has 5 nitrogen and oxygen atoms in total. The van der Waals surface area contributed by atoms with Gasteiger partial charge in [0.15, 0.2) is 0 Å². The SMILES string of the molecule is Cc1c(CC(=O)N/N=C/c2cccnc2)c2ccccc2n1-c1ccccc1. The summed E-state index contributed by atoms with van der Waals surface area (Å²) in [5.41, 5.74) is 7.68. The molecule has 2 aromatic carbocycles. The average molecular weight is 368 g/mol. The van der Waals surface area contributed by atoms with Crippen molar-refractivity contribution in [3.05, 3.63) is 95.9 Å². The Kier molecular flexibility index (Phi) is 4.97. The summed E-state index contributed by atoms with van der Waals surface area (Å²) in [5.74, 6) is -0.154. The minimum absolute atomic E-state index is 0.154. The standard InChI is InChI=1S/C23H20N4O/c1-17-21(14-23(28)26-25-16-18-8-7-13-24-15-18)20-11-5-6-12-22(20)27(17)19-9-3-2-4-10-19/h2-13,15-16H,14H2,1H3,(H,26,28)/b25-16+. The summed E-state index contributed by atoms with van der Waals surface area (Å²) in [6, 6.07) is 22.0. The first-order valence-electron chi connectivity index (χ1n) is 9.10. The number of hydrogen-bond donors (Lipinski definition) is 1. The number of carbonyl (C=O) groups excluding carboxylic acids is 1. The van der Waals surface area contributed by atoms with E-state index in [1.54, 1.807) is 18.6 Å². The number of benzene rings is 2. The van der Waals surface area contributed by atoms with Gasteiger partial charge in [0.1, 0.15) is 0 Å². The second kappa shape index (κ2) is 7.88. The molecule has 0 unspecified atom stereocenters. The Balaban J connectivity index is 1.61. The molecule has 1 amide bonds. The molecule has 2 aromatic heterocycles. The van der Waals surface area contributed by atoms with E-state index in [1.165, 1.54) is 0 Å². The molecule has 0 aliphatic carbocycles. The highest BCUT2D eigenvalue weighted by Gasteiger charge is 2.17. The number of pyridine rings is 1. The van der Waals surface area contributed by atoms with Gasteiger partial charge < -0.3 is 4.57 Å². The van der Waals surface area contributed by atoms with Gasteiger partial charge in [-0.15, -0.1) is 0 Å². The Bertz CT molecular complexity index is 1130. The predicted molar refractivity (Wildman–Crippen MR) is 112 cm³/mol. The molecule has 5 heteroatoms. The molecule has 28 heavy (non-hydrogen) atoms. The van der Waals surface area contributed by atoms with Gasteiger partial charge in [0.25, 0.3) is 0 Å². The molecule has 0 spiro atoms. The predicted octanol–water partition coefficient (Wildman–Crippen LogP) is 4.03. The number of nitrogens with one attached hydrogen (secondary N) is 1. The number of hydrazone groups is 1. The lowest BCUT2D eigenvalue weighted by molar-refractivity contribution is -0.120. The molecular weight excluding hydrogens is 348 g/mol. The van der Waals surface area contributed by atoms with Crippen molar-refractivity contribution in [1.82, 2.24) is 15.0 Å². The summed E-state index contributed by atoms with van der Waals surface area (Å²) in [6.07, 6.45) is 5.23. The molecule has 0 aliphatic rings. The lowest BCUT2D eigenvalue weighted by atomic mass is 10.1. The minimum Gasteiger partial charge on any atom is -0.314 e. The number of carbonyl (C=O) groups is 1. The maximum atomic E-state index is 12.5. The van der Waals surface area contributed by atoms with Crippen LogP contribution in [0.25, 0.3) is 16.6 Å². The minimum atomic E-state index is -0.154. The Hall–Kier alpha value is -3.73. The topological polar surface area (TPSA) is 59.3 Å². The van der Waals surface area contributed by atoms with Crippen molar-refractivity contribution in [3.63, 3.8) is 0 Å². The smallest absolute Gasteiger partial charge is 0.244 e. The van der Waals surface area contributed by atoms with Crippen LogP contribution in [0.1, 0.15) is 16.8 Å². The van der Waals surface area contributed by atoms with Crippen molar-refractivity contribution < 1.29 is 4.79 Å². The molecule has 0 bridgehead atoms. The Labute approximate surface area is 163 Å². The highest BCUT2D eigenvalue weighted by molar-refractivity contribution is 5.92. The van der Waals surface area contributed by atoms with Crippen molar-refractivity contribution in [1.29, 1.82) is 0 Å². The zero-order valence-corrected chi connectivity index (χ0v) is 15.5. The van der Waals surface area contributed by atoms with E-state index >= 15 is 0 Å². The number of fused-ring (bicyclic) bond motifs is 1. The first-order valence-corrected chi connectivity index (χ1v) is 9.10.